The second-order valence-electron chi connectivity index (χ2n) is 6.54. The molecule has 0 atom stereocenters. The van der Waals surface area contributed by atoms with Crippen LogP contribution in [0.5, 0.6) is 0 Å². The van der Waals surface area contributed by atoms with Gasteiger partial charge in [0.2, 0.25) is 0 Å². The highest BCUT2D eigenvalue weighted by Crippen LogP contribution is 2.09. The summed E-state index contributed by atoms with van der Waals surface area (Å²) in [5, 5.41) is 6.53. The lowest BCUT2D eigenvalue weighted by molar-refractivity contribution is 0.0657. The molecule has 0 heterocycles. The number of nitrogens with one attached hydrogen (secondary N) is 2. The van der Waals surface area contributed by atoms with Crippen LogP contribution in [0.2, 0.25) is 0 Å². The van der Waals surface area contributed by atoms with E-state index in [2.05, 4.69) is 39.9 Å². The van der Waals surface area contributed by atoms with E-state index in [9.17, 15) is 4.39 Å². The molecular formula is C21H29FIN3O. The third-order valence-electron chi connectivity index (χ3n) is 3.97. The number of benzene rings is 2. The monoisotopic (exact) mass is 485 g/mol. The largest absolute Gasteiger partial charge is 0.374 e. The van der Waals surface area contributed by atoms with Crippen LogP contribution in [-0.2, 0) is 24.4 Å². The Bertz CT molecular complexity index is 733. The summed E-state index contributed by atoms with van der Waals surface area (Å²) < 4.78 is 18.9. The van der Waals surface area contributed by atoms with E-state index in [-0.39, 0.29) is 35.9 Å². The molecule has 148 valence electrons. The van der Waals surface area contributed by atoms with Crippen molar-refractivity contribution in [1.29, 1.82) is 0 Å². The van der Waals surface area contributed by atoms with Gasteiger partial charge in [0.25, 0.3) is 0 Å². The maximum absolute atomic E-state index is 13.3. The van der Waals surface area contributed by atoms with Crippen LogP contribution in [0, 0.1) is 12.7 Å². The molecule has 2 aromatic carbocycles. The number of nitrogens with zero attached hydrogens (tertiary/aromatic N) is 1. The summed E-state index contributed by atoms with van der Waals surface area (Å²) in [5.74, 6) is 0.526. The molecule has 0 saturated heterocycles. The van der Waals surface area contributed by atoms with Gasteiger partial charge in [-0.25, -0.2) is 4.39 Å². The summed E-state index contributed by atoms with van der Waals surface area (Å²) in [7, 11) is 1.73. The minimum Gasteiger partial charge on any atom is -0.374 e. The van der Waals surface area contributed by atoms with E-state index >= 15 is 0 Å². The molecule has 0 aliphatic heterocycles. The number of ether oxygens (including phenoxy) is 1. The molecule has 0 saturated carbocycles. The van der Waals surface area contributed by atoms with Gasteiger partial charge >= 0.3 is 0 Å². The standard InChI is InChI=1S/C21H28FN3O.HI/c1-15(2)26-14-18-7-5-17(6-8-18)12-24-21(23-4)25-13-19-9-10-20(22)16(3)11-19;/h5-11,15H,12-14H2,1-4H3,(H2,23,24,25);1H. The second kappa shape index (κ2) is 11.9. The molecule has 2 aromatic rings. The van der Waals surface area contributed by atoms with Crippen LogP contribution in [0.4, 0.5) is 4.39 Å². The zero-order valence-corrected chi connectivity index (χ0v) is 18.7. The summed E-state index contributed by atoms with van der Waals surface area (Å²) in [6.45, 7) is 7.72. The fourth-order valence-electron chi connectivity index (χ4n) is 2.43. The van der Waals surface area contributed by atoms with Gasteiger partial charge < -0.3 is 15.4 Å². The molecule has 0 aliphatic rings. The van der Waals surface area contributed by atoms with Gasteiger partial charge in [0, 0.05) is 20.1 Å². The lowest BCUT2D eigenvalue weighted by Gasteiger charge is -2.13. The summed E-state index contributed by atoms with van der Waals surface area (Å²) in [6, 6.07) is 13.4. The van der Waals surface area contributed by atoms with Crippen molar-refractivity contribution in [1.82, 2.24) is 10.6 Å². The first-order valence-electron chi connectivity index (χ1n) is 8.87. The minimum absolute atomic E-state index is 0. The topological polar surface area (TPSA) is 45.7 Å². The highest BCUT2D eigenvalue weighted by atomic mass is 127. The van der Waals surface area contributed by atoms with Crippen LogP contribution in [-0.4, -0.2) is 19.1 Å². The molecule has 4 nitrogen and oxygen atoms in total. The number of aliphatic imine (C=N–C) groups is 1. The fraction of sp³-hybridized carbons (Fsp3) is 0.381. The van der Waals surface area contributed by atoms with Gasteiger partial charge in [-0.3, -0.25) is 4.99 Å². The third kappa shape index (κ3) is 8.26. The zero-order valence-electron chi connectivity index (χ0n) is 16.4. The highest BCUT2D eigenvalue weighted by molar-refractivity contribution is 14.0. The average Bonchev–Trinajstić information content (AvgIpc) is 2.64. The molecule has 0 fully saturated rings. The number of guanidine groups is 1. The SMILES string of the molecule is CN=C(NCc1ccc(COC(C)C)cc1)NCc1ccc(F)c(C)c1.I. The molecule has 0 unspecified atom stereocenters. The van der Waals surface area contributed by atoms with Crippen LogP contribution in [0.25, 0.3) is 0 Å². The first-order valence-corrected chi connectivity index (χ1v) is 8.87. The maximum Gasteiger partial charge on any atom is 0.191 e. The molecule has 0 radical (unpaired) electrons. The third-order valence-corrected chi connectivity index (χ3v) is 3.97. The summed E-state index contributed by atoms with van der Waals surface area (Å²) in [6.07, 6.45) is 0.232. The zero-order chi connectivity index (χ0) is 18.9. The van der Waals surface area contributed by atoms with Crippen LogP contribution in [0.3, 0.4) is 0 Å². The molecular weight excluding hydrogens is 456 g/mol. The second-order valence-corrected chi connectivity index (χ2v) is 6.54. The Morgan fingerprint density at radius 3 is 2.11 bits per heavy atom. The van der Waals surface area contributed by atoms with Crippen molar-refractivity contribution >= 4 is 29.9 Å². The molecule has 0 spiro atoms. The van der Waals surface area contributed by atoms with E-state index < -0.39 is 0 Å². The molecule has 27 heavy (non-hydrogen) atoms. The quantitative estimate of drug-likeness (QED) is 0.344. The van der Waals surface area contributed by atoms with Crippen molar-refractivity contribution in [2.45, 2.75) is 46.6 Å². The molecule has 0 amide bonds. The lowest BCUT2D eigenvalue weighted by Crippen LogP contribution is -2.36. The fourth-order valence-corrected chi connectivity index (χ4v) is 2.43. The van der Waals surface area contributed by atoms with Gasteiger partial charge in [-0.1, -0.05) is 36.4 Å². The normalized spacial score (nSPS) is 11.3. The van der Waals surface area contributed by atoms with E-state index in [1.807, 2.05) is 19.9 Å². The van der Waals surface area contributed by atoms with E-state index in [0.29, 0.717) is 31.2 Å². The van der Waals surface area contributed by atoms with Crippen molar-refractivity contribution in [2.75, 3.05) is 7.05 Å². The number of aryl methyl sites for hydroxylation is 1. The summed E-state index contributed by atoms with van der Waals surface area (Å²) >= 11 is 0. The minimum atomic E-state index is -0.182. The lowest BCUT2D eigenvalue weighted by atomic mass is 10.1. The van der Waals surface area contributed by atoms with Crippen molar-refractivity contribution in [3.63, 3.8) is 0 Å². The Kier molecular flexibility index (Phi) is 10.3. The smallest absolute Gasteiger partial charge is 0.191 e. The molecule has 0 aliphatic carbocycles. The predicted octanol–water partition coefficient (Wildman–Crippen LogP) is 4.54. The molecule has 6 heteroatoms. The van der Waals surface area contributed by atoms with Crippen molar-refractivity contribution in [3.8, 4) is 0 Å². The number of rotatable bonds is 7. The Morgan fingerprint density at radius 1 is 1.00 bits per heavy atom. The molecule has 2 N–H and O–H groups in total. The van der Waals surface area contributed by atoms with Crippen LogP contribution in [0.15, 0.2) is 47.5 Å². The van der Waals surface area contributed by atoms with Crippen molar-refractivity contribution in [3.05, 3.63) is 70.5 Å². The first-order chi connectivity index (χ1) is 12.5. The number of hydrogen-bond acceptors (Lipinski definition) is 2. The number of hydrogen-bond donors (Lipinski definition) is 2. The van der Waals surface area contributed by atoms with Crippen molar-refractivity contribution in [2.24, 2.45) is 4.99 Å². The van der Waals surface area contributed by atoms with E-state index in [0.717, 1.165) is 11.1 Å². The Labute approximate surface area is 178 Å². The Balaban J connectivity index is 0.00000364. The summed E-state index contributed by atoms with van der Waals surface area (Å²) in [4.78, 5) is 4.22. The highest BCUT2D eigenvalue weighted by Gasteiger charge is 2.02. The predicted molar refractivity (Wildman–Crippen MR) is 120 cm³/mol. The maximum atomic E-state index is 13.3. The summed E-state index contributed by atoms with van der Waals surface area (Å²) in [5.41, 5.74) is 3.99. The van der Waals surface area contributed by atoms with Gasteiger partial charge in [0.05, 0.1) is 12.7 Å². The van der Waals surface area contributed by atoms with E-state index in [1.54, 1.807) is 20.0 Å². The van der Waals surface area contributed by atoms with Crippen LogP contribution in [0.1, 0.15) is 36.1 Å². The van der Waals surface area contributed by atoms with Gasteiger partial charge in [-0.2, -0.15) is 0 Å². The average molecular weight is 485 g/mol. The van der Waals surface area contributed by atoms with Gasteiger partial charge in [0.15, 0.2) is 5.96 Å². The van der Waals surface area contributed by atoms with E-state index in [4.69, 9.17) is 4.74 Å². The van der Waals surface area contributed by atoms with E-state index in [1.165, 1.54) is 11.6 Å². The Hall–Kier alpha value is -1.67. The van der Waals surface area contributed by atoms with Gasteiger partial charge in [0.1, 0.15) is 5.82 Å². The molecule has 2 rings (SSSR count). The van der Waals surface area contributed by atoms with Crippen molar-refractivity contribution < 1.29 is 9.13 Å². The van der Waals surface area contributed by atoms with Crippen LogP contribution < -0.4 is 10.6 Å². The van der Waals surface area contributed by atoms with Gasteiger partial charge in [-0.15, -0.1) is 24.0 Å². The van der Waals surface area contributed by atoms with Crippen LogP contribution >= 0.6 is 24.0 Å². The number of halogens is 2. The molecule has 0 bridgehead atoms. The van der Waals surface area contributed by atoms with Gasteiger partial charge in [-0.05, 0) is 49.1 Å². The molecule has 0 aromatic heterocycles. The first kappa shape index (κ1) is 23.4. The Morgan fingerprint density at radius 2 is 1.56 bits per heavy atom.